The molecular formula is C26H26BrN3O3S. The SMILES string of the molecule is CC(C)c1ccc(S(=O)(=O)N(C)C(C)c2nc3ccccc3c(=O)n2-c2ccc(Br)cc2)cc1. The molecule has 3 aromatic carbocycles. The topological polar surface area (TPSA) is 72.3 Å². The highest BCUT2D eigenvalue weighted by atomic mass is 79.9. The summed E-state index contributed by atoms with van der Waals surface area (Å²) >= 11 is 3.42. The van der Waals surface area contributed by atoms with Gasteiger partial charge in [-0.15, -0.1) is 0 Å². The lowest BCUT2D eigenvalue weighted by molar-refractivity contribution is 0.379. The predicted octanol–water partition coefficient (Wildman–Crippen LogP) is 5.65. The Hall–Kier alpha value is -2.81. The molecule has 0 N–H and O–H groups in total. The monoisotopic (exact) mass is 539 g/mol. The lowest BCUT2D eigenvalue weighted by Crippen LogP contribution is -2.35. The van der Waals surface area contributed by atoms with E-state index in [9.17, 15) is 13.2 Å². The predicted molar refractivity (Wildman–Crippen MR) is 139 cm³/mol. The molecule has 0 saturated carbocycles. The summed E-state index contributed by atoms with van der Waals surface area (Å²) in [5.74, 6) is 0.645. The zero-order chi connectivity index (χ0) is 24.6. The van der Waals surface area contributed by atoms with Crippen molar-refractivity contribution in [1.82, 2.24) is 13.9 Å². The zero-order valence-electron chi connectivity index (χ0n) is 19.4. The molecule has 0 fully saturated rings. The zero-order valence-corrected chi connectivity index (χ0v) is 21.8. The molecule has 0 amide bonds. The van der Waals surface area contributed by atoms with E-state index in [1.807, 2.05) is 30.3 Å². The van der Waals surface area contributed by atoms with Gasteiger partial charge in [0.05, 0.1) is 27.5 Å². The Labute approximate surface area is 208 Å². The molecule has 0 aliphatic heterocycles. The summed E-state index contributed by atoms with van der Waals surface area (Å²) in [5, 5.41) is 0.469. The molecule has 1 heterocycles. The average molecular weight is 540 g/mol. The van der Waals surface area contributed by atoms with E-state index in [0.29, 0.717) is 28.3 Å². The third-order valence-corrected chi connectivity index (χ3v) is 8.50. The summed E-state index contributed by atoms with van der Waals surface area (Å²) in [6, 6.07) is 20.6. The van der Waals surface area contributed by atoms with Gasteiger partial charge in [0.2, 0.25) is 10.0 Å². The number of halogens is 1. The van der Waals surface area contributed by atoms with Crippen LogP contribution in [-0.4, -0.2) is 29.3 Å². The second kappa shape index (κ2) is 9.44. The Kier molecular flexibility index (Phi) is 6.75. The maximum absolute atomic E-state index is 13.5. The molecule has 0 aliphatic rings. The Morgan fingerprint density at radius 1 is 0.912 bits per heavy atom. The third-order valence-electron chi connectivity index (χ3n) is 6.03. The number of aromatic nitrogens is 2. The van der Waals surface area contributed by atoms with Crippen molar-refractivity contribution < 1.29 is 8.42 Å². The summed E-state index contributed by atoms with van der Waals surface area (Å²) in [4.78, 5) is 18.5. The minimum atomic E-state index is -3.83. The van der Waals surface area contributed by atoms with Crippen molar-refractivity contribution >= 4 is 36.9 Å². The molecule has 1 atom stereocenters. The molecule has 4 rings (SSSR count). The van der Waals surface area contributed by atoms with Gasteiger partial charge in [0, 0.05) is 11.5 Å². The van der Waals surface area contributed by atoms with Gasteiger partial charge in [-0.05, 0) is 66.9 Å². The van der Waals surface area contributed by atoms with Crippen LogP contribution >= 0.6 is 15.9 Å². The van der Waals surface area contributed by atoms with Crippen molar-refractivity contribution in [1.29, 1.82) is 0 Å². The van der Waals surface area contributed by atoms with E-state index in [1.54, 1.807) is 49.4 Å². The van der Waals surface area contributed by atoms with Crippen LogP contribution in [0.15, 0.2) is 87.0 Å². The minimum absolute atomic E-state index is 0.199. The van der Waals surface area contributed by atoms with Gasteiger partial charge in [-0.25, -0.2) is 13.4 Å². The Morgan fingerprint density at radius 3 is 2.15 bits per heavy atom. The van der Waals surface area contributed by atoms with Gasteiger partial charge < -0.3 is 0 Å². The van der Waals surface area contributed by atoms with Crippen LogP contribution in [0.25, 0.3) is 16.6 Å². The maximum atomic E-state index is 13.5. The average Bonchev–Trinajstić information content (AvgIpc) is 2.84. The first-order chi connectivity index (χ1) is 16.1. The maximum Gasteiger partial charge on any atom is 0.266 e. The third kappa shape index (κ3) is 4.45. The molecule has 0 bridgehead atoms. The van der Waals surface area contributed by atoms with Crippen LogP contribution in [0, 0.1) is 0 Å². The van der Waals surface area contributed by atoms with Crippen molar-refractivity contribution in [3.63, 3.8) is 0 Å². The fraction of sp³-hybridized carbons (Fsp3) is 0.231. The molecule has 0 aliphatic carbocycles. The molecule has 176 valence electrons. The second-order valence-corrected chi connectivity index (χ2v) is 11.4. The quantitative estimate of drug-likeness (QED) is 0.317. The normalized spacial score (nSPS) is 13.0. The number of hydrogen-bond acceptors (Lipinski definition) is 4. The van der Waals surface area contributed by atoms with Gasteiger partial charge in [-0.2, -0.15) is 4.31 Å². The van der Waals surface area contributed by atoms with E-state index in [0.717, 1.165) is 10.0 Å². The first kappa shape index (κ1) is 24.3. The van der Waals surface area contributed by atoms with Crippen LogP contribution < -0.4 is 5.56 Å². The van der Waals surface area contributed by atoms with E-state index in [1.165, 1.54) is 15.9 Å². The molecule has 0 radical (unpaired) electrons. The first-order valence-electron chi connectivity index (χ1n) is 11.0. The number of fused-ring (bicyclic) bond motifs is 1. The van der Waals surface area contributed by atoms with Crippen molar-refractivity contribution in [2.75, 3.05) is 7.05 Å². The van der Waals surface area contributed by atoms with Crippen molar-refractivity contribution in [3.8, 4) is 5.69 Å². The molecule has 0 spiro atoms. The number of nitrogens with zero attached hydrogens (tertiary/aromatic N) is 3. The van der Waals surface area contributed by atoms with Crippen molar-refractivity contribution in [3.05, 3.63) is 99.0 Å². The van der Waals surface area contributed by atoms with Gasteiger partial charge in [0.15, 0.2) is 0 Å². The second-order valence-electron chi connectivity index (χ2n) is 8.53. The Balaban J connectivity index is 1.85. The molecule has 1 unspecified atom stereocenters. The number of para-hydroxylation sites is 1. The van der Waals surface area contributed by atoms with Gasteiger partial charge in [0.1, 0.15) is 5.82 Å². The summed E-state index contributed by atoms with van der Waals surface area (Å²) < 4.78 is 30.6. The largest absolute Gasteiger partial charge is 0.268 e. The standard InChI is InChI=1S/C26H26BrN3O3S/c1-17(2)19-9-15-22(16-10-19)34(32,33)29(4)18(3)25-28-24-8-6-5-7-23(24)26(31)30(25)21-13-11-20(27)12-14-21/h5-18H,1-4H3. The molecule has 8 heteroatoms. The summed E-state index contributed by atoms with van der Waals surface area (Å²) in [6.45, 7) is 5.86. The van der Waals surface area contributed by atoms with E-state index in [4.69, 9.17) is 4.98 Å². The highest BCUT2D eigenvalue weighted by molar-refractivity contribution is 9.10. The van der Waals surface area contributed by atoms with E-state index >= 15 is 0 Å². The fourth-order valence-corrected chi connectivity index (χ4v) is 5.42. The lowest BCUT2D eigenvalue weighted by atomic mass is 10.0. The van der Waals surface area contributed by atoms with Crippen LogP contribution in [0.3, 0.4) is 0 Å². The number of hydrogen-bond donors (Lipinski definition) is 0. The van der Waals surface area contributed by atoms with Gasteiger partial charge in [-0.3, -0.25) is 9.36 Å². The molecule has 1 aromatic heterocycles. The molecule has 0 saturated heterocycles. The lowest BCUT2D eigenvalue weighted by Gasteiger charge is -2.26. The van der Waals surface area contributed by atoms with Crippen LogP contribution in [0.5, 0.6) is 0 Å². The van der Waals surface area contributed by atoms with Crippen molar-refractivity contribution in [2.45, 2.75) is 37.6 Å². The molecule has 4 aromatic rings. The highest BCUT2D eigenvalue weighted by Gasteiger charge is 2.30. The molecule has 34 heavy (non-hydrogen) atoms. The molecular weight excluding hydrogens is 514 g/mol. The fourth-order valence-electron chi connectivity index (χ4n) is 3.83. The van der Waals surface area contributed by atoms with Crippen LogP contribution in [0.1, 0.15) is 44.1 Å². The Morgan fingerprint density at radius 2 is 1.53 bits per heavy atom. The minimum Gasteiger partial charge on any atom is -0.268 e. The number of sulfonamides is 1. The van der Waals surface area contributed by atoms with Crippen LogP contribution in [0.2, 0.25) is 0 Å². The highest BCUT2D eigenvalue weighted by Crippen LogP contribution is 2.28. The van der Waals surface area contributed by atoms with E-state index in [-0.39, 0.29) is 10.5 Å². The van der Waals surface area contributed by atoms with Gasteiger partial charge >= 0.3 is 0 Å². The van der Waals surface area contributed by atoms with Crippen LogP contribution in [-0.2, 0) is 10.0 Å². The molecule has 6 nitrogen and oxygen atoms in total. The summed E-state index contributed by atoms with van der Waals surface area (Å²) in [6.07, 6.45) is 0. The van der Waals surface area contributed by atoms with Gasteiger partial charge in [0.25, 0.3) is 5.56 Å². The summed E-state index contributed by atoms with van der Waals surface area (Å²) in [5.41, 5.74) is 1.95. The van der Waals surface area contributed by atoms with Crippen molar-refractivity contribution in [2.24, 2.45) is 0 Å². The van der Waals surface area contributed by atoms with E-state index in [2.05, 4.69) is 29.8 Å². The van der Waals surface area contributed by atoms with E-state index < -0.39 is 16.1 Å². The number of benzene rings is 3. The first-order valence-corrected chi connectivity index (χ1v) is 13.2. The smallest absolute Gasteiger partial charge is 0.266 e. The van der Waals surface area contributed by atoms with Crippen LogP contribution in [0.4, 0.5) is 0 Å². The number of rotatable bonds is 6. The van der Waals surface area contributed by atoms with Gasteiger partial charge in [-0.1, -0.05) is 54.0 Å². The summed E-state index contributed by atoms with van der Waals surface area (Å²) in [7, 11) is -2.31. The Bertz CT molecular complexity index is 1500.